The molecule has 0 radical (unpaired) electrons. The first-order valence-electron chi connectivity index (χ1n) is 19.5. The van der Waals surface area contributed by atoms with Crippen LogP contribution in [0.15, 0.2) is 71.9 Å². The molecular formula is C41H42N14O3. The second kappa shape index (κ2) is 15.5. The normalized spacial score (nSPS) is 14.3. The van der Waals surface area contributed by atoms with Gasteiger partial charge in [0.1, 0.15) is 29.1 Å². The number of anilines is 4. The number of hydrogen-bond donors (Lipinski definition) is 2. The maximum atomic E-state index is 13.6. The predicted octanol–water partition coefficient (Wildman–Crippen LogP) is 4.25. The van der Waals surface area contributed by atoms with E-state index >= 15 is 0 Å². The van der Waals surface area contributed by atoms with Crippen LogP contribution in [0.5, 0.6) is 0 Å². The molecule has 0 atom stereocenters. The number of benzene rings is 2. The minimum Gasteiger partial charge on any atom is -0.424 e. The molecule has 9 rings (SSSR count). The number of amides is 1. The topological polar surface area (TPSA) is 217 Å². The first-order valence-corrected chi connectivity index (χ1v) is 19.5. The zero-order valence-corrected chi connectivity index (χ0v) is 32.1. The molecule has 1 fully saturated rings. The van der Waals surface area contributed by atoms with Crippen LogP contribution in [0.25, 0.3) is 33.4 Å². The maximum Gasteiger partial charge on any atom is 0.292 e. The number of hydrogen-bond acceptors (Lipinski definition) is 15. The monoisotopic (exact) mass is 778 g/mol. The van der Waals surface area contributed by atoms with Crippen molar-refractivity contribution in [3.8, 4) is 11.3 Å². The van der Waals surface area contributed by atoms with Crippen molar-refractivity contribution in [3.63, 3.8) is 0 Å². The highest BCUT2D eigenvalue weighted by atomic mass is 16.4. The molecule has 17 nitrogen and oxygen atoms in total. The van der Waals surface area contributed by atoms with Gasteiger partial charge in [0, 0.05) is 82.5 Å². The van der Waals surface area contributed by atoms with Gasteiger partial charge in [0.15, 0.2) is 11.2 Å². The fraction of sp³-hybridized carbons (Fsp3) is 0.317. The second-order valence-electron chi connectivity index (χ2n) is 14.7. The Labute approximate surface area is 333 Å². The third kappa shape index (κ3) is 7.33. The van der Waals surface area contributed by atoms with Gasteiger partial charge < -0.3 is 30.6 Å². The maximum absolute atomic E-state index is 13.6. The molecule has 4 N–H and O–H groups in total. The van der Waals surface area contributed by atoms with Crippen LogP contribution >= 0.6 is 0 Å². The minimum absolute atomic E-state index is 0.0965. The summed E-state index contributed by atoms with van der Waals surface area (Å²) in [6.07, 6.45) is 11.7. The largest absolute Gasteiger partial charge is 0.424 e. The van der Waals surface area contributed by atoms with Crippen LogP contribution in [0.3, 0.4) is 0 Å². The number of fused-ring (bicyclic) bond motifs is 3. The first kappa shape index (κ1) is 36.6. The summed E-state index contributed by atoms with van der Waals surface area (Å²) in [6, 6.07) is 12.0. The van der Waals surface area contributed by atoms with Crippen LogP contribution in [0.1, 0.15) is 58.8 Å². The molecule has 0 saturated carbocycles. The molecule has 294 valence electrons. The Bertz CT molecular complexity index is 2630. The van der Waals surface area contributed by atoms with Gasteiger partial charge in [-0.25, -0.2) is 34.6 Å². The molecule has 0 unspecified atom stereocenters. The van der Waals surface area contributed by atoms with E-state index in [1.165, 1.54) is 11.9 Å². The fourth-order valence-electron chi connectivity index (χ4n) is 7.70. The summed E-state index contributed by atoms with van der Waals surface area (Å²) in [6.45, 7) is 6.38. The molecule has 5 aromatic heterocycles. The summed E-state index contributed by atoms with van der Waals surface area (Å²) in [4.78, 5) is 62.9. The van der Waals surface area contributed by atoms with E-state index in [0.29, 0.717) is 123 Å². The van der Waals surface area contributed by atoms with Gasteiger partial charge in [-0.2, -0.15) is 10.1 Å². The summed E-state index contributed by atoms with van der Waals surface area (Å²) in [7, 11) is 0. The molecule has 1 amide bonds. The summed E-state index contributed by atoms with van der Waals surface area (Å²) in [5, 5.41) is 5.60. The molecule has 2 aliphatic rings. The molecule has 7 aromatic rings. The van der Waals surface area contributed by atoms with Crippen molar-refractivity contribution in [2.75, 3.05) is 54.0 Å². The number of carbonyl (C=O) groups excluding carboxylic acids is 2. The van der Waals surface area contributed by atoms with Gasteiger partial charge in [-0.15, -0.1) is 0 Å². The second-order valence-corrected chi connectivity index (χ2v) is 14.7. The van der Waals surface area contributed by atoms with Crippen LogP contribution in [-0.2, 0) is 30.7 Å². The average Bonchev–Trinajstić information content (AvgIpc) is 3.82. The van der Waals surface area contributed by atoms with Crippen molar-refractivity contribution in [1.29, 1.82) is 0 Å². The zero-order chi connectivity index (χ0) is 39.8. The molecule has 1 saturated heterocycles. The zero-order valence-electron chi connectivity index (χ0n) is 32.1. The third-order valence-corrected chi connectivity index (χ3v) is 10.8. The van der Waals surface area contributed by atoms with Crippen LogP contribution in [0, 0.1) is 0 Å². The van der Waals surface area contributed by atoms with E-state index in [-0.39, 0.29) is 17.7 Å². The molecule has 58 heavy (non-hydrogen) atoms. The highest BCUT2D eigenvalue weighted by Crippen LogP contribution is 2.33. The number of nitrogens with two attached hydrogens (primary N) is 2. The van der Waals surface area contributed by atoms with Gasteiger partial charge in [-0.05, 0) is 59.7 Å². The number of piperazine rings is 1. The van der Waals surface area contributed by atoms with Gasteiger partial charge >= 0.3 is 0 Å². The van der Waals surface area contributed by atoms with Crippen molar-refractivity contribution in [2.24, 2.45) is 0 Å². The van der Waals surface area contributed by atoms with Crippen LogP contribution in [-0.4, -0.2) is 94.0 Å². The number of aromatic nitrogens is 9. The first-order chi connectivity index (χ1) is 28.3. The van der Waals surface area contributed by atoms with Crippen molar-refractivity contribution < 1.29 is 14.0 Å². The van der Waals surface area contributed by atoms with Crippen molar-refractivity contribution in [1.82, 2.24) is 49.6 Å². The summed E-state index contributed by atoms with van der Waals surface area (Å²) in [5.41, 5.74) is 20.2. The Morgan fingerprint density at radius 3 is 2.28 bits per heavy atom. The molecule has 7 heterocycles. The molecule has 0 spiro atoms. The molecule has 0 bridgehead atoms. The van der Waals surface area contributed by atoms with E-state index in [0.717, 1.165) is 28.7 Å². The molecule has 2 aliphatic heterocycles. The van der Waals surface area contributed by atoms with E-state index in [9.17, 15) is 9.59 Å². The molecular weight excluding hydrogens is 737 g/mol. The average molecular weight is 779 g/mol. The Balaban J connectivity index is 0.818. The number of carbonyl (C=O) groups is 2. The van der Waals surface area contributed by atoms with Crippen molar-refractivity contribution >= 4 is 57.6 Å². The number of rotatable bonds is 11. The van der Waals surface area contributed by atoms with Gasteiger partial charge in [-0.1, -0.05) is 25.1 Å². The SMILES string of the molecule is CCCC(=O)CCc1cnc(N2CCN(c3ncc(C(=O)N4CCc5cc(Cn6nc(-c7ccc8oc(N)nc8c7)c7c(N)ncnc76)ccc5C4)cn3)CC2)nc1. The smallest absolute Gasteiger partial charge is 0.292 e. The van der Waals surface area contributed by atoms with Crippen LogP contribution in [0.4, 0.5) is 23.7 Å². The number of ketones is 1. The lowest BCUT2D eigenvalue weighted by molar-refractivity contribution is -0.119. The van der Waals surface area contributed by atoms with Crippen LogP contribution in [0.2, 0.25) is 0 Å². The van der Waals surface area contributed by atoms with Gasteiger partial charge in [0.25, 0.3) is 11.9 Å². The Morgan fingerprint density at radius 2 is 1.53 bits per heavy atom. The van der Waals surface area contributed by atoms with E-state index in [1.807, 2.05) is 47.1 Å². The van der Waals surface area contributed by atoms with E-state index in [1.54, 1.807) is 12.4 Å². The Kier molecular flexibility index (Phi) is 9.76. The predicted molar refractivity (Wildman–Crippen MR) is 218 cm³/mol. The van der Waals surface area contributed by atoms with E-state index < -0.39 is 0 Å². The number of aryl methyl sites for hydroxylation is 1. The van der Waals surface area contributed by atoms with Crippen molar-refractivity contribution in [3.05, 3.63) is 95.3 Å². The lowest BCUT2D eigenvalue weighted by Gasteiger charge is -2.34. The van der Waals surface area contributed by atoms with Gasteiger partial charge in [0.2, 0.25) is 11.9 Å². The van der Waals surface area contributed by atoms with Gasteiger partial charge in [0.05, 0.1) is 17.5 Å². The van der Waals surface area contributed by atoms with Crippen molar-refractivity contribution in [2.45, 2.75) is 52.1 Å². The molecule has 2 aromatic carbocycles. The summed E-state index contributed by atoms with van der Waals surface area (Å²) < 4.78 is 7.28. The highest BCUT2D eigenvalue weighted by Gasteiger charge is 2.25. The lowest BCUT2D eigenvalue weighted by Crippen LogP contribution is -2.47. The van der Waals surface area contributed by atoms with E-state index in [2.05, 4.69) is 62.9 Å². The molecule has 0 aliphatic carbocycles. The quantitative estimate of drug-likeness (QED) is 0.188. The number of nitrogen functional groups attached to an aromatic ring is 2. The Hall–Kier alpha value is -7.04. The minimum atomic E-state index is -0.0965. The standard InChI is InChI=1S/C41H42N14O3/c1-2-3-31(56)8-5-26-18-44-40(45-19-26)52-12-14-53(15-13-52)41-46-20-30(21-47-41)38(57)54-11-10-27-16-25(4-6-29(27)23-54)22-55-37-34(36(42)48-24-49-37)35(51-55)28-7-9-33-32(17-28)50-39(43)58-33/h4,6-7,9,16-21,24H,2-3,5,8,10-15,22-23H2,1H3,(H2,43,50)(H2,42,48,49). The fourth-order valence-corrected chi connectivity index (χ4v) is 7.70. The highest BCUT2D eigenvalue weighted by molar-refractivity contribution is 5.99. The summed E-state index contributed by atoms with van der Waals surface area (Å²) in [5.74, 6) is 1.78. The van der Waals surface area contributed by atoms with Gasteiger partial charge in [-0.3, -0.25) is 9.59 Å². The van der Waals surface area contributed by atoms with Crippen LogP contribution < -0.4 is 21.3 Å². The lowest BCUT2D eigenvalue weighted by atomic mass is 9.97. The number of nitrogens with zero attached hydrogens (tertiary/aromatic N) is 12. The third-order valence-electron chi connectivity index (χ3n) is 10.8. The Morgan fingerprint density at radius 1 is 0.793 bits per heavy atom. The number of Topliss-reactive ketones (excluding diaryl/α,β-unsaturated/α-hetero) is 1. The van der Waals surface area contributed by atoms with E-state index in [4.69, 9.17) is 21.0 Å². The summed E-state index contributed by atoms with van der Waals surface area (Å²) >= 11 is 0. The number of oxazole rings is 1. The molecule has 17 heteroatoms.